The highest BCUT2D eigenvalue weighted by Gasteiger charge is 2.03. The number of benzene rings is 2. The summed E-state index contributed by atoms with van der Waals surface area (Å²) in [5, 5.41) is 0. The SMILES string of the molecule is CN(CCSSCCN(C)c1ccc(C=O)cc1)c1ccc(C=O)cc1. The van der Waals surface area contributed by atoms with Gasteiger partial charge in [-0.2, -0.15) is 0 Å². The van der Waals surface area contributed by atoms with Gasteiger partial charge in [0.15, 0.2) is 0 Å². The van der Waals surface area contributed by atoms with Crippen molar-refractivity contribution in [2.75, 3.05) is 48.5 Å². The number of carbonyl (C=O) groups excluding carboxylic acids is 2. The summed E-state index contributed by atoms with van der Waals surface area (Å²) in [6.45, 7) is 1.92. The molecule has 0 N–H and O–H groups in total. The van der Waals surface area contributed by atoms with Crippen molar-refractivity contribution in [1.29, 1.82) is 0 Å². The fraction of sp³-hybridized carbons (Fsp3) is 0.300. The van der Waals surface area contributed by atoms with E-state index >= 15 is 0 Å². The van der Waals surface area contributed by atoms with Crippen LogP contribution in [0.4, 0.5) is 11.4 Å². The zero-order valence-electron chi connectivity index (χ0n) is 15.1. The number of anilines is 2. The third kappa shape index (κ3) is 6.42. The molecular weight excluding hydrogens is 364 g/mol. The monoisotopic (exact) mass is 388 g/mol. The van der Waals surface area contributed by atoms with Crippen LogP contribution >= 0.6 is 21.6 Å². The van der Waals surface area contributed by atoms with Gasteiger partial charge in [-0.05, 0) is 48.5 Å². The first-order valence-corrected chi connectivity index (χ1v) is 10.9. The molecule has 26 heavy (non-hydrogen) atoms. The minimum absolute atomic E-state index is 0.706. The van der Waals surface area contributed by atoms with Crippen molar-refractivity contribution in [2.24, 2.45) is 0 Å². The molecule has 0 fully saturated rings. The molecule has 0 amide bonds. The minimum Gasteiger partial charge on any atom is -0.374 e. The second-order valence-corrected chi connectivity index (χ2v) is 8.61. The van der Waals surface area contributed by atoms with Crippen LogP contribution in [0.2, 0.25) is 0 Å². The summed E-state index contributed by atoms with van der Waals surface area (Å²) in [6.07, 6.45) is 1.73. The average Bonchev–Trinajstić information content (AvgIpc) is 2.70. The number of carbonyl (C=O) groups is 2. The average molecular weight is 389 g/mol. The molecule has 0 aliphatic carbocycles. The Bertz CT molecular complexity index is 628. The molecule has 0 bridgehead atoms. The van der Waals surface area contributed by atoms with Crippen LogP contribution in [-0.2, 0) is 0 Å². The van der Waals surface area contributed by atoms with Gasteiger partial charge in [-0.15, -0.1) is 0 Å². The molecule has 0 aliphatic heterocycles. The quantitative estimate of drug-likeness (QED) is 0.325. The Balaban J connectivity index is 1.62. The van der Waals surface area contributed by atoms with E-state index in [4.69, 9.17) is 0 Å². The molecule has 0 spiro atoms. The summed E-state index contributed by atoms with van der Waals surface area (Å²) < 4.78 is 0. The van der Waals surface area contributed by atoms with Crippen LogP contribution in [0.3, 0.4) is 0 Å². The second-order valence-electron chi connectivity index (χ2n) is 5.91. The van der Waals surface area contributed by atoms with Crippen LogP contribution in [-0.4, -0.2) is 51.3 Å². The lowest BCUT2D eigenvalue weighted by molar-refractivity contribution is 0.111. The number of rotatable bonds is 11. The summed E-state index contributed by atoms with van der Waals surface area (Å²) in [7, 11) is 7.88. The Morgan fingerprint density at radius 2 is 1.04 bits per heavy atom. The van der Waals surface area contributed by atoms with Crippen molar-refractivity contribution in [3.05, 3.63) is 59.7 Å². The van der Waals surface area contributed by atoms with E-state index in [1.807, 2.05) is 70.1 Å². The van der Waals surface area contributed by atoms with Crippen molar-refractivity contribution in [1.82, 2.24) is 0 Å². The van der Waals surface area contributed by atoms with E-state index in [-0.39, 0.29) is 0 Å². The van der Waals surface area contributed by atoms with Gasteiger partial charge < -0.3 is 9.80 Å². The lowest BCUT2D eigenvalue weighted by atomic mass is 10.2. The smallest absolute Gasteiger partial charge is 0.150 e. The molecule has 0 atom stereocenters. The highest BCUT2D eigenvalue weighted by atomic mass is 33.1. The highest BCUT2D eigenvalue weighted by Crippen LogP contribution is 2.23. The van der Waals surface area contributed by atoms with E-state index in [2.05, 4.69) is 23.9 Å². The van der Waals surface area contributed by atoms with Gasteiger partial charge in [0.2, 0.25) is 0 Å². The molecule has 2 aromatic rings. The molecule has 0 unspecified atom stereocenters. The third-order valence-corrected chi connectivity index (χ3v) is 6.41. The van der Waals surface area contributed by atoms with Crippen LogP contribution in [0.15, 0.2) is 48.5 Å². The normalized spacial score (nSPS) is 10.4. The molecule has 0 aromatic heterocycles. The third-order valence-electron chi connectivity index (χ3n) is 4.04. The van der Waals surface area contributed by atoms with Gasteiger partial charge in [-0.3, -0.25) is 9.59 Å². The van der Waals surface area contributed by atoms with Crippen LogP contribution < -0.4 is 9.80 Å². The Morgan fingerprint density at radius 1 is 0.692 bits per heavy atom. The lowest BCUT2D eigenvalue weighted by Crippen LogP contribution is -2.21. The molecule has 4 nitrogen and oxygen atoms in total. The molecular formula is C20H24N2O2S2. The van der Waals surface area contributed by atoms with E-state index in [0.717, 1.165) is 48.5 Å². The first-order valence-electron chi connectivity index (χ1n) is 8.41. The molecule has 138 valence electrons. The minimum atomic E-state index is 0.706. The van der Waals surface area contributed by atoms with E-state index in [9.17, 15) is 9.59 Å². The predicted molar refractivity (Wildman–Crippen MR) is 115 cm³/mol. The van der Waals surface area contributed by atoms with Crippen molar-refractivity contribution >= 4 is 45.5 Å². The van der Waals surface area contributed by atoms with Crippen molar-refractivity contribution < 1.29 is 9.59 Å². The summed E-state index contributed by atoms with van der Waals surface area (Å²) in [4.78, 5) is 25.8. The maximum absolute atomic E-state index is 10.7. The number of hydrogen-bond donors (Lipinski definition) is 0. The Hall–Kier alpha value is -1.92. The lowest BCUT2D eigenvalue weighted by Gasteiger charge is -2.20. The van der Waals surface area contributed by atoms with E-state index < -0.39 is 0 Å². The number of hydrogen-bond acceptors (Lipinski definition) is 6. The van der Waals surface area contributed by atoms with Crippen molar-refractivity contribution in [3.8, 4) is 0 Å². The summed E-state index contributed by atoms with van der Waals surface area (Å²) in [5.74, 6) is 2.07. The van der Waals surface area contributed by atoms with Crippen LogP contribution in [0, 0.1) is 0 Å². The van der Waals surface area contributed by atoms with Crippen LogP contribution in [0.25, 0.3) is 0 Å². The van der Waals surface area contributed by atoms with Gasteiger partial charge in [0.1, 0.15) is 12.6 Å². The highest BCUT2D eigenvalue weighted by molar-refractivity contribution is 8.76. The van der Waals surface area contributed by atoms with Gasteiger partial charge in [-0.25, -0.2) is 0 Å². The molecule has 0 saturated heterocycles. The first kappa shape index (κ1) is 20.4. The molecule has 0 heterocycles. The maximum atomic E-state index is 10.7. The van der Waals surface area contributed by atoms with Crippen molar-refractivity contribution in [3.63, 3.8) is 0 Å². The molecule has 0 aliphatic rings. The topological polar surface area (TPSA) is 40.6 Å². The summed E-state index contributed by atoms with van der Waals surface area (Å²) in [6, 6.07) is 15.3. The van der Waals surface area contributed by atoms with E-state index in [0.29, 0.717) is 11.1 Å². The van der Waals surface area contributed by atoms with Gasteiger partial charge in [0.25, 0.3) is 0 Å². The zero-order chi connectivity index (χ0) is 18.8. The summed E-state index contributed by atoms with van der Waals surface area (Å²) >= 11 is 0. The van der Waals surface area contributed by atoms with E-state index in [1.54, 1.807) is 0 Å². The van der Waals surface area contributed by atoms with Crippen molar-refractivity contribution in [2.45, 2.75) is 0 Å². The molecule has 0 radical (unpaired) electrons. The molecule has 2 aromatic carbocycles. The standard InChI is InChI=1S/C20H24N2O2S2/c1-21(19-7-3-17(15-23)4-8-19)11-13-25-26-14-12-22(2)20-9-5-18(16-24)6-10-20/h3-10,15-16H,11-14H2,1-2H3. The number of aldehydes is 2. The summed E-state index contributed by atoms with van der Waals surface area (Å²) in [5.41, 5.74) is 3.66. The first-order chi connectivity index (χ1) is 12.6. The molecule has 0 saturated carbocycles. The Kier molecular flexibility index (Phi) is 8.58. The number of nitrogens with zero attached hydrogens (tertiary/aromatic N) is 2. The van der Waals surface area contributed by atoms with Crippen LogP contribution in [0.1, 0.15) is 20.7 Å². The van der Waals surface area contributed by atoms with Gasteiger partial charge in [0.05, 0.1) is 0 Å². The van der Waals surface area contributed by atoms with E-state index in [1.165, 1.54) is 0 Å². The van der Waals surface area contributed by atoms with Gasteiger partial charge >= 0.3 is 0 Å². The Labute approximate surface area is 163 Å². The molecule has 6 heteroatoms. The maximum Gasteiger partial charge on any atom is 0.150 e. The second kappa shape index (κ2) is 10.9. The molecule has 2 rings (SSSR count). The Morgan fingerprint density at radius 3 is 1.35 bits per heavy atom. The predicted octanol–water partition coefficient (Wildman–Crippen LogP) is 4.27. The zero-order valence-corrected chi connectivity index (χ0v) is 16.8. The van der Waals surface area contributed by atoms with Crippen LogP contribution in [0.5, 0.6) is 0 Å². The largest absolute Gasteiger partial charge is 0.374 e. The fourth-order valence-corrected chi connectivity index (χ4v) is 4.43. The van der Waals surface area contributed by atoms with Gasteiger partial charge in [0, 0.05) is 61.2 Å². The van der Waals surface area contributed by atoms with Gasteiger partial charge in [-0.1, -0.05) is 21.6 Å². The fourth-order valence-electron chi connectivity index (χ4n) is 2.34.